The topological polar surface area (TPSA) is 40.6 Å². The molecule has 4 heteroatoms. The standard InChI is InChI=1S/C52H40N2O2/c1-31-21-32(2)24-35(23-31)29-53-49(45-27-37-13-5-7-15-39(37)41-17-9-11-19-43(41)45)47-48(51(53)55)50(54(52(47)56)30-36-25-33(3)22-34(4)26-36)46-28-38-14-6-8-16-40(38)42-18-10-12-20-44(42)46/h5-28H,29-30H2,1-4H3. The second kappa shape index (κ2) is 12.9. The van der Waals surface area contributed by atoms with Gasteiger partial charge in [-0.25, -0.2) is 0 Å². The Hall–Kier alpha value is -6.78. The van der Waals surface area contributed by atoms with Gasteiger partial charge in [0.15, 0.2) is 0 Å². The number of benzene rings is 8. The van der Waals surface area contributed by atoms with Gasteiger partial charge in [-0.05, 0) is 94.0 Å². The number of nitrogens with zero attached hydrogens (tertiary/aromatic N) is 2. The number of rotatable bonds is 6. The van der Waals surface area contributed by atoms with Gasteiger partial charge in [0.25, 0.3) is 11.8 Å². The van der Waals surface area contributed by atoms with Crippen LogP contribution in [-0.2, 0) is 22.7 Å². The fourth-order valence-electron chi connectivity index (χ4n) is 9.44. The SMILES string of the molecule is Cc1cc(C)cc(CN2C(=O)C3=C(c4cc5ccccc5c5ccccc45)N(Cc4cc(C)cc(C)c4)C(=O)C3=C2c2cc3ccccc3c3ccccc23)c1. The Morgan fingerprint density at radius 3 is 1.07 bits per heavy atom. The smallest absolute Gasteiger partial charge is 0.261 e. The molecule has 0 aliphatic carbocycles. The Morgan fingerprint density at radius 2 is 0.696 bits per heavy atom. The predicted molar refractivity (Wildman–Crippen MR) is 230 cm³/mol. The summed E-state index contributed by atoms with van der Waals surface area (Å²) in [7, 11) is 0. The van der Waals surface area contributed by atoms with Crippen LogP contribution in [0, 0.1) is 27.7 Å². The molecular formula is C52H40N2O2. The quantitative estimate of drug-likeness (QED) is 0.160. The molecule has 0 spiro atoms. The predicted octanol–water partition coefficient (Wildman–Crippen LogP) is 11.7. The zero-order valence-corrected chi connectivity index (χ0v) is 32.0. The molecule has 0 saturated heterocycles. The zero-order chi connectivity index (χ0) is 38.2. The molecule has 10 rings (SSSR count). The highest BCUT2D eigenvalue weighted by atomic mass is 16.2. The summed E-state index contributed by atoms with van der Waals surface area (Å²) in [6.45, 7) is 9.03. The van der Waals surface area contributed by atoms with Crippen LogP contribution in [0.5, 0.6) is 0 Å². The molecular weight excluding hydrogens is 685 g/mol. The third-order valence-corrected chi connectivity index (χ3v) is 11.5. The van der Waals surface area contributed by atoms with Crippen LogP contribution in [0.2, 0.25) is 0 Å². The molecule has 0 atom stereocenters. The maximum atomic E-state index is 15.6. The highest BCUT2D eigenvalue weighted by Gasteiger charge is 2.49. The number of hydrogen-bond acceptors (Lipinski definition) is 2. The van der Waals surface area contributed by atoms with E-state index in [1.54, 1.807) is 0 Å². The molecule has 2 heterocycles. The largest absolute Gasteiger partial charge is 0.302 e. The Kier molecular flexibility index (Phi) is 7.79. The van der Waals surface area contributed by atoms with Crippen molar-refractivity contribution in [1.82, 2.24) is 9.80 Å². The van der Waals surface area contributed by atoms with Crippen molar-refractivity contribution in [2.24, 2.45) is 0 Å². The third kappa shape index (κ3) is 5.36. The Labute approximate surface area is 326 Å². The summed E-state index contributed by atoms with van der Waals surface area (Å²) in [5, 5.41) is 8.57. The Morgan fingerprint density at radius 1 is 0.375 bits per heavy atom. The van der Waals surface area contributed by atoms with E-state index in [9.17, 15) is 0 Å². The molecule has 0 saturated carbocycles. The molecule has 8 aromatic rings. The van der Waals surface area contributed by atoms with Crippen molar-refractivity contribution >= 4 is 66.3 Å². The lowest BCUT2D eigenvalue weighted by atomic mass is 9.92. The van der Waals surface area contributed by atoms with Crippen LogP contribution < -0.4 is 0 Å². The van der Waals surface area contributed by atoms with Gasteiger partial charge in [0.2, 0.25) is 0 Å². The van der Waals surface area contributed by atoms with Crippen LogP contribution in [-0.4, -0.2) is 21.6 Å². The fraction of sp³-hybridized carbons (Fsp3) is 0.115. The van der Waals surface area contributed by atoms with E-state index in [1.807, 2.05) is 34.1 Å². The lowest BCUT2D eigenvalue weighted by molar-refractivity contribution is -0.124. The van der Waals surface area contributed by atoms with E-state index in [2.05, 4.69) is 149 Å². The number of aryl methyl sites for hydroxylation is 4. The average Bonchev–Trinajstić information content (AvgIpc) is 3.62. The minimum absolute atomic E-state index is 0.157. The van der Waals surface area contributed by atoms with Gasteiger partial charge in [0.1, 0.15) is 0 Å². The molecule has 2 aliphatic rings. The number of hydrogen-bond donors (Lipinski definition) is 0. The first kappa shape index (κ1) is 33.8. The lowest BCUT2D eigenvalue weighted by Crippen LogP contribution is -2.29. The summed E-state index contributed by atoms with van der Waals surface area (Å²) in [5.41, 5.74) is 10.6. The first-order chi connectivity index (χ1) is 27.2. The highest BCUT2D eigenvalue weighted by molar-refractivity contribution is 6.32. The van der Waals surface area contributed by atoms with Crippen LogP contribution in [0.4, 0.5) is 0 Å². The van der Waals surface area contributed by atoms with Gasteiger partial charge in [-0.3, -0.25) is 9.59 Å². The van der Waals surface area contributed by atoms with Crippen molar-refractivity contribution in [3.63, 3.8) is 0 Å². The minimum atomic E-state index is -0.157. The van der Waals surface area contributed by atoms with E-state index in [-0.39, 0.29) is 11.8 Å². The highest BCUT2D eigenvalue weighted by Crippen LogP contribution is 2.51. The molecule has 0 fully saturated rings. The summed E-state index contributed by atoms with van der Waals surface area (Å²) in [6, 6.07) is 50.7. The third-order valence-electron chi connectivity index (χ3n) is 11.5. The van der Waals surface area contributed by atoms with Gasteiger partial charge in [-0.15, -0.1) is 0 Å². The maximum absolute atomic E-state index is 15.6. The van der Waals surface area contributed by atoms with Gasteiger partial charge in [0.05, 0.1) is 35.6 Å². The molecule has 8 aromatic carbocycles. The summed E-state index contributed by atoms with van der Waals surface area (Å²) < 4.78 is 0. The molecule has 270 valence electrons. The molecule has 0 radical (unpaired) electrons. The lowest BCUT2D eigenvalue weighted by Gasteiger charge is -2.27. The van der Waals surface area contributed by atoms with Crippen LogP contribution in [0.3, 0.4) is 0 Å². The van der Waals surface area contributed by atoms with Crippen molar-refractivity contribution in [2.75, 3.05) is 0 Å². The van der Waals surface area contributed by atoms with Crippen molar-refractivity contribution in [2.45, 2.75) is 40.8 Å². The molecule has 0 aromatic heterocycles. The monoisotopic (exact) mass is 724 g/mol. The molecule has 4 nitrogen and oxygen atoms in total. The van der Waals surface area contributed by atoms with Crippen LogP contribution >= 0.6 is 0 Å². The molecule has 2 aliphatic heterocycles. The molecule has 0 N–H and O–H groups in total. The van der Waals surface area contributed by atoms with E-state index in [1.165, 1.54) is 0 Å². The van der Waals surface area contributed by atoms with Crippen molar-refractivity contribution < 1.29 is 9.59 Å². The minimum Gasteiger partial charge on any atom is -0.302 e. The zero-order valence-electron chi connectivity index (χ0n) is 32.0. The van der Waals surface area contributed by atoms with Crippen molar-refractivity contribution in [3.05, 3.63) is 201 Å². The number of fused-ring (bicyclic) bond motifs is 7. The van der Waals surface area contributed by atoms with Crippen molar-refractivity contribution in [1.29, 1.82) is 0 Å². The van der Waals surface area contributed by atoms with Crippen LogP contribution in [0.1, 0.15) is 44.5 Å². The molecule has 0 unspecified atom stereocenters. The number of carbonyl (C=O) groups is 2. The van der Waals surface area contributed by atoms with Crippen molar-refractivity contribution in [3.8, 4) is 0 Å². The van der Waals surface area contributed by atoms with E-state index >= 15 is 9.59 Å². The second-order valence-electron chi connectivity index (χ2n) is 15.6. The van der Waals surface area contributed by atoms with Crippen LogP contribution in [0.25, 0.3) is 54.5 Å². The maximum Gasteiger partial charge on any atom is 0.261 e. The second-order valence-corrected chi connectivity index (χ2v) is 15.6. The first-order valence-corrected chi connectivity index (χ1v) is 19.3. The first-order valence-electron chi connectivity index (χ1n) is 19.3. The normalized spacial score (nSPS) is 14.4. The molecule has 2 amide bonds. The van der Waals surface area contributed by atoms with Gasteiger partial charge >= 0.3 is 0 Å². The number of amides is 2. The summed E-state index contributed by atoms with van der Waals surface area (Å²) in [6.07, 6.45) is 0. The average molecular weight is 725 g/mol. The van der Waals surface area contributed by atoms with Crippen LogP contribution in [0.15, 0.2) is 157 Å². The van der Waals surface area contributed by atoms with Gasteiger partial charge in [-0.2, -0.15) is 0 Å². The van der Waals surface area contributed by atoms with Gasteiger partial charge in [0, 0.05) is 11.1 Å². The molecule has 56 heavy (non-hydrogen) atoms. The van der Waals surface area contributed by atoms with E-state index < -0.39 is 0 Å². The molecule has 0 bridgehead atoms. The summed E-state index contributed by atoms with van der Waals surface area (Å²) in [5.74, 6) is -0.315. The Balaban J connectivity index is 1.32. The fourth-order valence-corrected chi connectivity index (χ4v) is 9.44. The summed E-state index contributed by atoms with van der Waals surface area (Å²) in [4.78, 5) is 35.0. The van der Waals surface area contributed by atoms with Gasteiger partial charge in [-0.1, -0.05) is 156 Å². The summed E-state index contributed by atoms with van der Waals surface area (Å²) >= 11 is 0. The van der Waals surface area contributed by atoms with E-state index in [4.69, 9.17) is 0 Å². The van der Waals surface area contributed by atoms with Gasteiger partial charge < -0.3 is 9.80 Å². The number of carbonyl (C=O) groups excluding carboxylic acids is 2. The van der Waals surface area contributed by atoms with E-state index in [0.717, 1.165) is 87.6 Å². The van der Waals surface area contributed by atoms with E-state index in [0.29, 0.717) is 35.6 Å². The Bertz CT molecular complexity index is 2830.